The molecule has 6 heteroatoms. The number of carboxylic acids is 1. The van der Waals surface area contributed by atoms with Gasteiger partial charge < -0.3 is 15.3 Å². The molecule has 0 spiro atoms. The Bertz CT molecular complexity index is 360. The van der Waals surface area contributed by atoms with E-state index in [1.807, 2.05) is 6.26 Å². The largest absolute Gasteiger partial charge is 0.480 e. The quantitative estimate of drug-likeness (QED) is 0.818. The summed E-state index contributed by atoms with van der Waals surface area (Å²) in [5.41, 5.74) is 0. The minimum Gasteiger partial charge on any atom is -0.480 e. The molecule has 1 fully saturated rings. The Kier molecular flexibility index (Phi) is 6.17. The maximum atomic E-state index is 12.2. The van der Waals surface area contributed by atoms with Gasteiger partial charge in [0.05, 0.1) is 0 Å². The van der Waals surface area contributed by atoms with Gasteiger partial charge in [-0.1, -0.05) is 13.3 Å². The third-order valence-electron chi connectivity index (χ3n) is 4.05. The average molecular weight is 302 g/mol. The number of likely N-dealkylation sites (tertiary alicyclic amines) is 1. The number of carbonyl (C=O) groups is 2. The van der Waals surface area contributed by atoms with Crippen molar-refractivity contribution in [3.8, 4) is 0 Å². The van der Waals surface area contributed by atoms with Crippen LogP contribution in [0, 0.1) is 5.92 Å². The third-order valence-corrected chi connectivity index (χ3v) is 5.30. The summed E-state index contributed by atoms with van der Waals surface area (Å²) in [6.07, 6.45) is 4.42. The van der Waals surface area contributed by atoms with Crippen molar-refractivity contribution in [1.29, 1.82) is 0 Å². The summed E-state index contributed by atoms with van der Waals surface area (Å²) >= 11 is 1.68. The van der Waals surface area contributed by atoms with Crippen LogP contribution in [0.1, 0.15) is 40.0 Å². The van der Waals surface area contributed by atoms with E-state index in [0.717, 1.165) is 12.8 Å². The molecule has 0 aromatic carbocycles. The number of carbonyl (C=O) groups excluding carboxylic acids is 1. The zero-order valence-electron chi connectivity index (χ0n) is 12.8. The van der Waals surface area contributed by atoms with Gasteiger partial charge in [-0.15, -0.1) is 0 Å². The number of amides is 2. The van der Waals surface area contributed by atoms with E-state index in [1.54, 1.807) is 11.8 Å². The summed E-state index contributed by atoms with van der Waals surface area (Å²) in [5, 5.41) is 12.2. The molecule has 0 bridgehead atoms. The average Bonchev–Trinajstić information content (AvgIpc) is 2.44. The van der Waals surface area contributed by atoms with Gasteiger partial charge in [-0.25, -0.2) is 9.59 Å². The molecule has 2 N–H and O–H groups in total. The van der Waals surface area contributed by atoms with Gasteiger partial charge in [-0.3, -0.25) is 0 Å². The van der Waals surface area contributed by atoms with E-state index in [0.29, 0.717) is 25.4 Å². The lowest BCUT2D eigenvalue weighted by molar-refractivity contribution is -0.144. The molecule has 5 nitrogen and oxygen atoms in total. The number of hydrogen-bond donors (Lipinski definition) is 2. The fraction of sp³-hybridized carbons (Fsp3) is 0.857. The van der Waals surface area contributed by atoms with Crippen molar-refractivity contribution >= 4 is 23.8 Å². The minimum absolute atomic E-state index is 0.0455. The first kappa shape index (κ1) is 17.1. The Morgan fingerprint density at radius 2 is 2.10 bits per heavy atom. The second kappa shape index (κ2) is 7.20. The molecule has 2 unspecified atom stereocenters. The van der Waals surface area contributed by atoms with Gasteiger partial charge in [-0.05, 0) is 38.9 Å². The van der Waals surface area contributed by atoms with E-state index in [-0.39, 0.29) is 10.8 Å². The molecule has 2 atom stereocenters. The molecule has 0 aromatic heterocycles. The number of thioether (sulfide) groups is 1. The number of urea groups is 1. The summed E-state index contributed by atoms with van der Waals surface area (Å²) in [6, 6.07) is -0.944. The van der Waals surface area contributed by atoms with Gasteiger partial charge in [0.25, 0.3) is 0 Å². The van der Waals surface area contributed by atoms with Crippen molar-refractivity contribution < 1.29 is 14.7 Å². The topological polar surface area (TPSA) is 69.6 Å². The lowest BCUT2D eigenvalue weighted by atomic mass is 9.89. The van der Waals surface area contributed by atoms with Gasteiger partial charge in [0.15, 0.2) is 0 Å². The van der Waals surface area contributed by atoms with Gasteiger partial charge >= 0.3 is 12.0 Å². The van der Waals surface area contributed by atoms with Gasteiger partial charge in [0, 0.05) is 17.8 Å². The molecule has 0 radical (unpaired) electrons. The summed E-state index contributed by atoms with van der Waals surface area (Å²) in [5.74, 6) is -0.495. The molecule has 0 saturated carbocycles. The van der Waals surface area contributed by atoms with E-state index in [2.05, 4.69) is 26.1 Å². The molecular weight excluding hydrogens is 276 g/mol. The third kappa shape index (κ3) is 4.58. The first-order valence-electron chi connectivity index (χ1n) is 7.13. The van der Waals surface area contributed by atoms with E-state index in [9.17, 15) is 14.7 Å². The van der Waals surface area contributed by atoms with Crippen molar-refractivity contribution in [3.05, 3.63) is 0 Å². The van der Waals surface area contributed by atoms with Crippen LogP contribution in [-0.2, 0) is 4.79 Å². The number of carboxylic acid groups (broad SMARTS) is 1. The second-order valence-corrected chi connectivity index (χ2v) is 7.48. The summed E-state index contributed by atoms with van der Waals surface area (Å²) in [6.45, 7) is 7.24. The zero-order chi connectivity index (χ0) is 15.3. The SMILES string of the molecule is CCC1CCN(C(=O)NCC(C)(C)SC)C(C(=O)O)C1. The van der Waals surface area contributed by atoms with Gasteiger partial charge in [0.1, 0.15) is 6.04 Å². The number of nitrogens with one attached hydrogen (secondary N) is 1. The highest BCUT2D eigenvalue weighted by Gasteiger charge is 2.35. The predicted octanol–water partition coefficient (Wildman–Crippen LogP) is 2.41. The van der Waals surface area contributed by atoms with Gasteiger partial charge in [0.2, 0.25) is 0 Å². The summed E-state index contributed by atoms with van der Waals surface area (Å²) < 4.78 is -0.0455. The number of rotatable bonds is 5. The predicted molar refractivity (Wildman–Crippen MR) is 82.1 cm³/mol. The maximum Gasteiger partial charge on any atom is 0.326 e. The van der Waals surface area contributed by atoms with Crippen LogP contribution >= 0.6 is 11.8 Å². The smallest absolute Gasteiger partial charge is 0.326 e. The Morgan fingerprint density at radius 3 is 2.60 bits per heavy atom. The summed E-state index contributed by atoms with van der Waals surface area (Å²) in [7, 11) is 0. The van der Waals surface area contributed by atoms with Crippen molar-refractivity contribution in [2.75, 3.05) is 19.3 Å². The van der Waals surface area contributed by atoms with Crippen LogP contribution in [0.2, 0.25) is 0 Å². The Hall–Kier alpha value is -0.910. The van der Waals surface area contributed by atoms with Crippen LogP contribution in [-0.4, -0.2) is 52.1 Å². The van der Waals surface area contributed by atoms with Crippen molar-refractivity contribution in [2.24, 2.45) is 5.92 Å². The van der Waals surface area contributed by atoms with Gasteiger partial charge in [-0.2, -0.15) is 11.8 Å². The molecule has 116 valence electrons. The fourth-order valence-corrected chi connectivity index (χ4v) is 2.57. The number of piperidine rings is 1. The first-order valence-corrected chi connectivity index (χ1v) is 8.35. The minimum atomic E-state index is -0.901. The lowest BCUT2D eigenvalue weighted by Gasteiger charge is -2.37. The number of aliphatic carboxylic acids is 1. The molecule has 0 aliphatic carbocycles. The van der Waals surface area contributed by atoms with Crippen LogP contribution in [0.15, 0.2) is 0 Å². The fourth-order valence-electron chi connectivity index (χ4n) is 2.35. The first-order chi connectivity index (χ1) is 9.30. The number of hydrogen-bond acceptors (Lipinski definition) is 3. The van der Waals surface area contributed by atoms with Crippen molar-refractivity contribution in [3.63, 3.8) is 0 Å². The summed E-state index contributed by atoms with van der Waals surface area (Å²) in [4.78, 5) is 25.1. The van der Waals surface area contributed by atoms with E-state index in [1.165, 1.54) is 4.90 Å². The molecule has 1 aliphatic heterocycles. The molecule has 1 saturated heterocycles. The van der Waals surface area contributed by atoms with E-state index in [4.69, 9.17) is 0 Å². The molecule has 1 heterocycles. The normalized spacial score (nSPS) is 23.5. The Labute approximate surface area is 125 Å². The zero-order valence-corrected chi connectivity index (χ0v) is 13.6. The second-order valence-electron chi connectivity index (χ2n) is 5.97. The standard InChI is InChI=1S/C14H26N2O3S/c1-5-10-6-7-16(11(8-10)12(17)18)13(19)15-9-14(2,3)20-4/h10-11H,5-9H2,1-4H3,(H,15,19)(H,17,18). The van der Waals surface area contributed by atoms with E-state index < -0.39 is 12.0 Å². The molecular formula is C14H26N2O3S. The highest BCUT2D eigenvalue weighted by molar-refractivity contribution is 7.99. The van der Waals surface area contributed by atoms with Crippen LogP contribution in [0.3, 0.4) is 0 Å². The molecule has 1 rings (SSSR count). The maximum absolute atomic E-state index is 12.2. The van der Waals surface area contributed by atoms with Crippen molar-refractivity contribution in [2.45, 2.75) is 50.8 Å². The number of nitrogens with zero attached hydrogens (tertiary/aromatic N) is 1. The lowest BCUT2D eigenvalue weighted by Crippen LogP contribution is -2.54. The highest BCUT2D eigenvalue weighted by atomic mass is 32.2. The molecule has 1 aliphatic rings. The molecule has 2 amide bonds. The monoisotopic (exact) mass is 302 g/mol. The van der Waals surface area contributed by atoms with E-state index >= 15 is 0 Å². The van der Waals surface area contributed by atoms with Crippen LogP contribution in [0.25, 0.3) is 0 Å². The van der Waals surface area contributed by atoms with Crippen molar-refractivity contribution in [1.82, 2.24) is 10.2 Å². The van der Waals surface area contributed by atoms with Crippen LogP contribution < -0.4 is 5.32 Å². The highest BCUT2D eigenvalue weighted by Crippen LogP contribution is 2.26. The molecule has 20 heavy (non-hydrogen) atoms. The Morgan fingerprint density at radius 1 is 1.45 bits per heavy atom. The Balaban J connectivity index is 2.63. The molecule has 0 aromatic rings. The van der Waals surface area contributed by atoms with Crippen LogP contribution in [0.5, 0.6) is 0 Å². The van der Waals surface area contributed by atoms with Crippen LogP contribution in [0.4, 0.5) is 4.79 Å².